The largest absolute Gasteiger partial charge is 0.462 e. The number of rotatable bonds is 5. The van der Waals surface area contributed by atoms with Crippen LogP contribution in [-0.4, -0.2) is 58.4 Å². The number of benzene rings is 2. The number of ether oxygens (including phenoxy) is 1. The van der Waals surface area contributed by atoms with Crippen LogP contribution >= 0.6 is 11.8 Å². The number of nitrogens with zero attached hydrogens (tertiary/aromatic N) is 2. The van der Waals surface area contributed by atoms with Gasteiger partial charge in [0.25, 0.3) is 11.8 Å². The molecule has 3 aliphatic rings. The zero-order valence-electron chi connectivity index (χ0n) is 17.0. The normalized spacial score (nSPS) is 24.2. The van der Waals surface area contributed by atoms with Crippen molar-refractivity contribution in [2.45, 2.75) is 23.8 Å². The van der Waals surface area contributed by atoms with Gasteiger partial charge in [0.15, 0.2) is 0 Å². The Kier molecular flexibility index (Phi) is 5.00. The van der Waals surface area contributed by atoms with E-state index in [2.05, 4.69) is 0 Å². The van der Waals surface area contributed by atoms with Crippen molar-refractivity contribution in [2.75, 3.05) is 18.9 Å². The average molecular weight is 454 g/mol. The average Bonchev–Trinajstić information content (AvgIpc) is 3.42. The summed E-state index contributed by atoms with van der Waals surface area (Å²) < 4.78 is 18.8. The van der Waals surface area contributed by atoms with Crippen molar-refractivity contribution in [1.29, 1.82) is 0 Å². The predicted molar refractivity (Wildman–Crippen MR) is 113 cm³/mol. The summed E-state index contributed by atoms with van der Waals surface area (Å²) in [5.41, 5.74) is 1.45. The van der Waals surface area contributed by atoms with Gasteiger partial charge in [0.05, 0.1) is 17.7 Å². The number of carbonyl (C=O) groups excluding carboxylic acids is 4. The molecule has 3 amide bonds. The third kappa shape index (κ3) is 3.10. The van der Waals surface area contributed by atoms with Crippen LogP contribution in [0.3, 0.4) is 0 Å². The summed E-state index contributed by atoms with van der Waals surface area (Å²) in [6.45, 7) is -0.216. The van der Waals surface area contributed by atoms with Gasteiger partial charge in [-0.2, -0.15) is 0 Å². The molecule has 3 heterocycles. The Morgan fingerprint density at radius 2 is 1.72 bits per heavy atom. The number of imide groups is 1. The Labute approximate surface area is 187 Å². The lowest BCUT2D eigenvalue weighted by molar-refractivity contribution is -0.154. The fourth-order valence-corrected chi connectivity index (χ4v) is 6.24. The molecule has 2 aromatic carbocycles. The maximum Gasteiger partial charge on any atom is 0.329 e. The zero-order valence-corrected chi connectivity index (χ0v) is 17.8. The lowest BCUT2D eigenvalue weighted by Crippen LogP contribution is -2.47. The maximum atomic E-state index is 13.4. The van der Waals surface area contributed by atoms with Crippen LogP contribution < -0.4 is 0 Å². The second-order valence-electron chi connectivity index (χ2n) is 7.86. The van der Waals surface area contributed by atoms with Gasteiger partial charge in [-0.05, 0) is 36.2 Å². The Hall–Kier alpha value is -3.20. The third-order valence-electron chi connectivity index (χ3n) is 6.13. The topological polar surface area (TPSA) is 84.0 Å². The molecule has 2 saturated heterocycles. The van der Waals surface area contributed by atoms with Crippen LogP contribution in [0.5, 0.6) is 0 Å². The Morgan fingerprint density at radius 3 is 2.38 bits per heavy atom. The Balaban J connectivity index is 1.26. The molecule has 0 spiro atoms. The van der Waals surface area contributed by atoms with Crippen molar-refractivity contribution in [3.8, 4) is 0 Å². The van der Waals surface area contributed by atoms with Gasteiger partial charge < -0.3 is 9.64 Å². The number of thioether (sulfide) groups is 1. The van der Waals surface area contributed by atoms with E-state index in [1.54, 1.807) is 41.3 Å². The number of fused-ring (bicyclic) bond motifs is 2. The van der Waals surface area contributed by atoms with Crippen molar-refractivity contribution < 1.29 is 28.3 Å². The minimum Gasteiger partial charge on any atom is -0.462 e. The fraction of sp³-hybridized carbons (Fsp3) is 0.304. The molecule has 0 unspecified atom stereocenters. The highest BCUT2D eigenvalue weighted by atomic mass is 32.2. The molecule has 2 atom stereocenters. The molecule has 0 radical (unpaired) electrons. The van der Waals surface area contributed by atoms with Gasteiger partial charge in [-0.1, -0.05) is 24.3 Å². The molecular weight excluding hydrogens is 435 g/mol. The molecule has 0 bridgehead atoms. The SMILES string of the molecule is O=C(OCCN1C(=O)c2ccccc2C1=O)[C@H]1CS[C@@]2(c3ccc(F)cc3)CCC(=O)N12. The van der Waals surface area contributed by atoms with Crippen LogP contribution in [0.4, 0.5) is 4.39 Å². The molecule has 5 rings (SSSR count). The highest BCUT2D eigenvalue weighted by molar-refractivity contribution is 8.00. The van der Waals surface area contributed by atoms with Gasteiger partial charge in [-0.25, -0.2) is 9.18 Å². The number of carbonyl (C=O) groups is 4. The van der Waals surface area contributed by atoms with E-state index in [0.717, 1.165) is 10.5 Å². The van der Waals surface area contributed by atoms with Crippen LogP contribution in [0.15, 0.2) is 48.5 Å². The minimum atomic E-state index is -0.776. The first-order valence-electron chi connectivity index (χ1n) is 10.3. The summed E-state index contributed by atoms with van der Waals surface area (Å²) in [7, 11) is 0. The summed E-state index contributed by atoms with van der Waals surface area (Å²) in [5, 5.41) is 0. The van der Waals surface area contributed by atoms with E-state index in [4.69, 9.17) is 4.74 Å². The van der Waals surface area contributed by atoms with Crippen molar-refractivity contribution in [3.05, 3.63) is 71.0 Å². The third-order valence-corrected chi connectivity index (χ3v) is 7.73. The minimum absolute atomic E-state index is 0.0605. The molecule has 0 aromatic heterocycles. The summed E-state index contributed by atoms with van der Waals surface area (Å²) in [4.78, 5) is 52.3. The highest BCUT2D eigenvalue weighted by Crippen LogP contribution is 2.54. The first-order valence-corrected chi connectivity index (χ1v) is 11.2. The second-order valence-corrected chi connectivity index (χ2v) is 9.15. The molecular formula is C23H19FN2O5S. The highest BCUT2D eigenvalue weighted by Gasteiger charge is 2.57. The molecule has 0 saturated carbocycles. The second kappa shape index (κ2) is 7.74. The molecule has 164 valence electrons. The smallest absolute Gasteiger partial charge is 0.329 e. The van der Waals surface area contributed by atoms with E-state index in [0.29, 0.717) is 29.7 Å². The molecule has 7 nitrogen and oxygen atoms in total. The Bertz CT molecular complexity index is 1100. The number of halogens is 1. The summed E-state index contributed by atoms with van der Waals surface area (Å²) in [6, 6.07) is 11.8. The maximum absolute atomic E-state index is 13.4. The molecule has 2 aromatic rings. The molecule has 2 fully saturated rings. The van der Waals surface area contributed by atoms with Crippen molar-refractivity contribution in [3.63, 3.8) is 0 Å². The van der Waals surface area contributed by atoms with Crippen LogP contribution in [0.25, 0.3) is 0 Å². The lowest BCUT2D eigenvalue weighted by atomic mass is 10.0. The quantitative estimate of drug-likeness (QED) is 0.510. The summed E-state index contributed by atoms with van der Waals surface area (Å²) in [5.74, 6) is -1.57. The number of hydrogen-bond donors (Lipinski definition) is 0. The van der Waals surface area contributed by atoms with Crippen molar-refractivity contribution in [2.24, 2.45) is 0 Å². The monoisotopic (exact) mass is 454 g/mol. The van der Waals surface area contributed by atoms with Gasteiger partial charge >= 0.3 is 5.97 Å². The van der Waals surface area contributed by atoms with E-state index >= 15 is 0 Å². The van der Waals surface area contributed by atoms with Crippen LogP contribution in [0.2, 0.25) is 0 Å². The first kappa shape index (κ1) is 20.7. The van der Waals surface area contributed by atoms with Crippen molar-refractivity contribution >= 4 is 35.5 Å². The van der Waals surface area contributed by atoms with Crippen LogP contribution in [0, 0.1) is 5.82 Å². The van der Waals surface area contributed by atoms with Gasteiger partial charge in [-0.3, -0.25) is 19.3 Å². The van der Waals surface area contributed by atoms with Crippen molar-refractivity contribution in [1.82, 2.24) is 9.80 Å². The number of amides is 3. The van der Waals surface area contributed by atoms with E-state index in [1.165, 1.54) is 23.9 Å². The Morgan fingerprint density at radius 1 is 1.06 bits per heavy atom. The predicted octanol–water partition coefficient (Wildman–Crippen LogP) is 2.56. The molecule has 3 aliphatic heterocycles. The lowest BCUT2D eigenvalue weighted by Gasteiger charge is -2.33. The van der Waals surface area contributed by atoms with E-state index in [-0.39, 0.29) is 24.9 Å². The first-order chi connectivity index (χ1) is 15.4. The summed E-state index contributed by atoms with van der Waals surface area (Å²) >= 11 is 1.47. The van der Waals surface area contributed by atoms with E-state index < -0.39 is 28.7 Å². The van der Waals surface area contributed by atoms with Gasteiger partial charge in [0.1, 0.15) is 23.3 Å². The molecule has 32 heavy (non-hydrogen) atoms. The van der Waals surface area contributed by atoms with Gasteiger partial charge in [0.2, 0.25) is 5.91 Å². The summed E-state index contributed by atoms with van der Waals surface area (Å²) in [6.07, 6.45) is 0.824. The van der Waals surface area contributed by atoms with Gasteiger partial charge in [-0.15, -0.1) is 11.8 Å². The van der Waals surface area contributed by atoms with E-state index in [9.17, 15) is 23.6 Å². The fourth-order valence-electron chi connectivity index (χ4n) is 4.60. The van der Waals surface area contributed by atoms with Crippen LogP contribution in [-0.2, 0) is 19.2 Å². The van der Waals surface area contributed by atoms with Crippen LogP contribution in [0.1, 0.15) is 39.1 Å². The standard InChI is InChI=1S/C23H19FN2O5S/c24-15-7-5-14(6-8-15)23-10-9-19(27)26(23)18(13-32-23)22(30)31-12-11-25-20(28)16-3-1-2-4-17(16)21(25)29/h1-8,18H,9-13H2/t18-,23-/m1/s1. The van der Waals surface area contributed by atoms with Gasteiger partial charge in [0, 0.05) is 12.2 Å². The molecule has 9 heteroatoms. The zero-order chi connectivity index (χ0) is 22.5. The number of hydrogen-bond acceptors (Lipinski definition) is 6. The molecule has 0 aliphatic carbocycles. The van der Waals surface area contributed by atoms with E-state index in [1.807, 2.05) is 0 Å². The molecule has 0 N–H and O–H groups in total. The number of esters is 1.